The Labute approximate surface area is 68.2 Å². The van der Waals surface area contributed by atoms with Gasteiger partial charge in [0.05, 0.1) is 5.92 Å². The number of carbonyl (C=O) groups excluding carboxylic acids is 1. The zero-order valence-electron chi connectivity index (χ0n) is 5.82. The summed E-state index contributed by atoms with van der Waals surface area (Å²) in [5.74, 6) is -0.592. The Morgan fingerprint density at radius 3 is 2.82 bits per heavy atom. The molecule has 2 rings (SSSR count). The molecule has 0 aromatic heterocycles. The number of thioether (sulfide) groups is 1. The van der Waals surface area contributed by atoms with E-state index < -0.39 is 11.9 Å². The van der Waals surface area contributed by atoms with Gasteiger partial charge in [-0.15, -0.1) is 0 Å². The minimum absolute atomic E-state index is 0.146. The quantitative estimate of drug-likeness (QED) is 0.621. The maximum atomic E-state index is 11.0. The molecule has 0 aromatic rings. The van der Waals surface area contributed by atoms with Crippen LogP contribution >= 0.6 is 11.8 Å². The molecule has 4 heteroatoms. The predicted molar refractivity (Wildman–Crippen MR) is 40.5 cm³/mol. The Bertz CT molecular complexity index is 218. The van der Waals surface area contributed by atoms with Crippen LogP contribution in [0.5, 0.6) is 0 Å². The van der Waals surface area contributed by atoms with E-state index in [9.17, 15) is 9.59 Å². The lowest BCUT2D eigenvalue weighted by Crippen LogP contribution is -2.42. The van der Waals surface area contributed by atoms with Crippen LogP contribution < -0.4 is 0 Å². The van der Waals surface area contributed by atoms with Crippen molar-refractivity contribution in [2.75, 3.05) is 5.75 Å². The highest BCUT2D eigenvalue weighted by Crippen LogP contribution is 2.47. The molecule has 1 heterocycles. The van der Waals surface area contributed by atoms with Crippen molar-refractivity contribution in [1.29, 1.82) is 0 Å². The Hall–Kier alpha value is -0.510. The highest BCUT2D eigenvalue weighted by atomic mass is 32.2. The molecule has 0 unspecified atom stereocenters. The molecule has 0 spiro atoms. The average molecular weight is 172 g/mol. The third kappa shape index (κ3) is 0.888. The normalized spacial score (nSPS) is 41.5. The van der Waals surface area contributed by atoms with Crippen LogP contribution in [0.2, 0.25) is 0 Å². The predicted octanol–water partition coefficient (Wildman–Crippen LogP) is 0.392. The molecule has 2 aliphatic rings. The number of aliphatic carboxylic acids is 1. The smallest absolute Gasteiger partial charge is 0.308 e. The fourth-order valence-corrected chi connectivity index (χ4v) is 3.35. The van der Waals surface area contributed by atoms with Gasteiger partial charge in [-0.1, -0.05) is 0 Å². The van der Waals surface area contributed by atoms with Gasteiger partial charge >= 0.3 is 5.97 Å². The summed E-state index contributed by atoms with van der Waals surface area (Å²) in [6.45, 7) is 0. The Kier molecular flexibility index (Phi) is 1.45. The van der Waals surface area contributed by atoms with Gasteiger partial charge in [-0.2, -0.15) is 11.8 Å². The van der Waals surface area contributed by atoms with E-state index in [1.54, 1.807) is 11.8 Å². The van der Waals surface area contributed by atoms with Gasteiger partial charge in [-0.25, -0.2) is 0 Å². The Morgan fingerprint density at radius 2 is 2.36 bits per heavy atom. The van der Waals surface area contributed by atoms with Crippen molar-refractivity contribution in [3.05, 3.63) is 0 Å². The molecule has 1 aliphatic carbocycles. The van der Waals surface area contributed by atoms with E-state index in [1.165, 1.54) is 0 Å². The molecule has 1 saturated heterocycles. The summed E-state index contributed by atoms with van der Waals surface area (Å²) in [4.78, 5) is 21.5. The lowest BCUT2D eigenvalue weighted by molar-refractivity contribution is -0.147. The SMILES string of the molecule is O=C1C[C@H]2SC[C@H](C(=O)O)[C@@H]12. The number of Topliss-reactive ketones (excluding diaryl/α,β-unsaturated/α-hetero) is 1. The van der Waals surface area contributed by atoms with Crippen LogP contribution in [0.3, 0.4) is 0 Å². The first-order valence-corrected chi connectivity index (χ1v) is 4.62. The van der Waals surface area contributed by atoms with Gasteiger partial charge in [0.15, 0.2) is 0 Å². The van der Waals surface area contributed by atoms with E-state index in [-0.39, 0.29) is 11.7 Å². The van der Waals surface area contributed by atoms with Crippen LogP contribution in [0, 0.1) is 11.8 Å². The molecule has 3 atom stereocenters. The van der Waals surface area contributed by atoms with E-state index in [2.05, 4.69) is 0 Å². The van der Waals surface area contributed by atoms with Crippen LogP contribution in [0.15, 0.2) is 0 Å². The third-order valence-corrected chi connectivity index (χ3v) is 3.85. The maximum absolute atomic E-state index is 11.0. The van der Waals surface area contributed by atoms with Crippen molar-refractivity contribution < 1.29 is 14.7 Å². The number of fused-ring (bicyclic) bond motifs is 1. The zero-order chi connectivity index (χ0) is 8.01. The summed E-state index contributed by atoms with van der Waals surface area (Å²) in [7, 11) is 0. The highest BCUT2D eigenvalue weighted by molar-refractivity contribution is 8.00. The standard InChI is InChI=1S/C7H8O3S/c8-4-1-5-6(4)3(2-11-5)7(9)10/h3,5-6H,1-2H2,(H,9,10)/t3-,5+,6-/m0/s1. The molecule has 0 bridgehead atoms. The first-order valence-electron chi connectivity index (χ1n) is 3.57. The molecule has 1 saturated carbocycles. The number of hydrogen-bond donors (Lipinski definition) is 1. The lowest BCUT2D eigenvalue weighted by atomic mass is 9.75. The molecule has 0 amide bonds. The monoisotopic (exact) mass is 172 g/mol. The van der Waals surface area contributed by atoms with Gasteiger partial charge in [-0.05, 0) is 0 Å². The van der Waals surface area contributed by atoms with Crippen molar-refractivity contribution in [2.45, 2.75) is 11.7 Å². The van der Waals surface area contributed by atoms with Crippen molar-refractivity contribution in [2.24, 2.45) is 11.8 Å². The molecule has 0 aromatic carbocycles. The van der Waals surface area contributed by atoms with Crippen LogP contribution in [-0.2, 0) is 9.59 Å². The summed E-state index contributed by atoms with van der Waals surface area (Å²) in [5.41, 5.74) is 0. The second kappa shape index (κ2) is 2.24. The first kappa shape index (κ1) is 7.16. The second-order valence-corrected chi connectivity index (χ2v) is 4.28. The second-order valence-electron chi connectivity index (χ2n) is 3.01. The fraction of sp³-hybridized carbons (Fsp3) is 0.714. The van der Waals surface area contributed by atoms with Gasteiger partial charge < -0.3 is 5.11 Å². The minimum Gasteiger partial charge on any atom is -0.481 e. The van der Waals surface area contributed by atoms with Crippen molar-refractivity contribution in [3.8, 4) is 0 Å². The average Bonchev–Trinajstić information content (AvgIpc) is 2.25. The van der Waals surface area contributed by atoms with E-state index in [4.69, 9.17) is 5.11 Å². The number of carbonyl (C=O) groups is 2. The van der Waals surface area contributed by atoms with Crippen molar-refractivity contribution in [1.82, 2.24) is 0 Å². The van der Waals surface area contributed by atoms with Crippen LogP contribution in [0.4, 0.5) is 0 Å². The molecule has 0 radical (unpaired) electrons. The van der Waals surface area contributed by atoms with Gasteiger partial charge in [0.1, 0.15) is 5.78 Å². The number of carboxylic acids is 1. The third-order valence-electron chi connectivity index (χ3n) is 2.42. The topological polar surface area (TPSA) is 54.4 Å². The number of rotatable bonds is 1. The molecular formula is C7H8O3S. The first-order chi connectivity index (χ1) is 5.20. The number of carboxylic acid groups (broad SMARTS) is 1. The Morgan fingerprint density at radius 1 is 1.64 bits per heavy atom. The zero-order valence-corrected chi connectivity index (χ0v) is 6.63. The summed E-state index contributed by atoms with van der Waals surface area (Å²) < 4.78 is 0. The summed E-state index contributed by atoms with van der Waals surface area (Å²) in [6.07, 6.45) is 0.596. The van der Waals surface area contributed by atoms with Crippen molar-refractivity contribution in [3.63, 3.8) is 0 Å². The molecule has 2 fully saturated rings. The molecule has 1 N–H and O–H groups in total. The molecule has 3 nitrogen and oxygen atoms in total. The van der Waals surface area contributed by atoms with Gasteiger partial charge in [0, 0.05) is 23.3 Å². The van der Waals surface area contributed by atoms with Gasteiger partial charge in [-0.3, -0.25) is 9.59 Å². The summed E-state index contributed by atoms with van der Waals surface area (Å²) in [6, 6.07) is 0. The highest BCUT2D eigenvalue weighted by Gasteiger charge is 2.52. The maximum Gasteiger partial charge on any atom is 0.308 e. The van der Waals surface area contributed by atoms with Crippen LogP contribution in [0.25, 0.3) is 0 Å². The van der Waals surface area contributed by atoms with Gasteiger partial charge in [0.2, 0.25) is 0 Å². The molecule has 1 aliphatic heterocycles. The van der Waals surface area contributed by atoms with E-state index >= 15 is 0 Å². The Balaban J connectivity index is 2.14. The molecule has 60 valence electrons. The van der Waals surface area contributed by atoms with E-state index in [1.807, 2.05) is 0 Å². The minimum atomic E-state index is -0.807. The summed E-state index contributed by atoms with van der Waals surface area (Å²) in [5, 5.41) is 9.01. The van der Waals surface area contributed by atoms with Crippen molar-refractivity contribution >= 4 is 23.5 Å². The van der Waals surface area contributed by atoms with Crippen LogP contribution in [0.1, 0.15) is 6.42 Å². The van der Waals surface area contributed by atoms with E-state index in [0.29, 0.717) is 17.4 Å². The van der Waals surface area contributed by atoms with Crippen LogP contribution in [-0.4, -0.2) is 27.9 Å². The largest absolute Gasteiger partial charge is 0.481 e. The van der Waals surface area contributed by atoms with Gasteiger partial charge in [0.25, 0.3) is 0 Å². The van der Waals surface area contributed by atoms with E-state index in [0.717, 1.165) is 0 Å². The number of ketones is 1. The molecular weight excluding hydrogens is 164 g/mol. The lowest BCUT2D eigenvalue weighted by Gasteiger charge is -2.29. The number of hydrogen-bond acceptors (Lipinski definition) is 3. The summed E-state index contributed by atoms with van der Waals surface area (Å²) >= 11 is 1.63. The molecule has 11 heavy (non-hydrogen) atoms. The fourth-order valence-electron chi connectivity index (χ4n) is 1.71.